The summed E-state index contributed by atoms with van der Waals surface area (Å²) in [5, 5.41) is 0. The third-order valence-electron chi connectivity index (χ3n) is 17.5. The number of hydrogen-bond acceptors (Lipinski definition) is 4. The van der Waals surface area contributed by atoms with Crippen LogP contribution in [0.4, 0.5) is 45.5 Å². The van der Waals surface area contributed by atoms with Crippen LogP contribution < -0.4 is 30.2 Å². The van der Waals surface area contributed by atoms with E-state index in [2.05, 4.69) is 251 Å². The summed E-state index contributed by atoms with van der Waals surface area (Å²) in [5.74, 6) is 0. The molecule has 0 unspecified atom stereocenters. The Bertz CT molecular complexity index is 3250. The number of nitrogens with zero attached hydrogens (tertiary/aromatic N) is 4. The van der Waals surface area contributed by atoms with Crippen molar-refractivity contribution < 1.29 is 0 Å². The number of rotatable bonds is 0. The van der Waals surface area contributed by atoms with Crippen LogP contribution in [0.1, 0.15) is 155 Å². The second-order valence-corrected chi connectivity index (χ2v) is 26.7. The van der Waals surface area contributed by atoms with Gasteiger partial charge in [-0.2, -0.15) is 0 Å². The fraction of sp³-hybridized carbons (Fsp3) is 0.344. The molecule has 0 saturated carbocycles. The van der Waals surface area contributed by atoms with E-state index in [-0.39, 0.29) is 35.6 Å². The Morgan fingerprint density at radius 1 is 0.329 bits per heavy atom. The zero-order valence-electron chi connectivity index (χ0n) is 44.5. The molecule has 6 heteroatoms. The van der Waals surface area contributed by atoms with Crippen molar-refractivity contribution in [3.63, 3.8) is 0 Å². The van der Waals surface area contributed by atoms with E-state index in [1.165, 1.54) is 123 Å². The first-order valence-electron chi connectivity index (χ1n) is 26.0. The van der Waals surface area contributed by atoms with E-state index in [4.69, 9.17) is 0 Å². The summed E-state index contributed by atoms with van der Waals surface area (Å²) in [5.41, 5.74) is 28.9. The fourth-order valence-corrected chi connectivity index (χ4v) is 13.6. The molecule has 0 saturated heterocycles. The average Bonchev–Trinajstić information content (AvgIpc) is 3.83. The van der Waals surface area contributed by atoms with Crippen LogP contribution in [-0.2, 0) is 32.5 Å². The maximum Gasteiger partial charge on any atom is 0.421 e. The molecule has 0 atom stereocenters. The number of anilines is 8. The van der Waals surface area contributed by atoms with Crippen molar-refractivity contribution in [2.24, 2.45) is 0 Å². The van der Waals surface area contributed by atoms with Gasteiger partial charge in [-0.25, -0.2) is 0 Å². The van der Waals surface area contributed by atoms with Gasteiger partial charge in [0.05, 0.1) is 22.7 Å². The van der Waals surface area contributed by atoms with Crippen LogP contribution in [0.25, 0.3) is 22.3 Å². The molecule has 350 valence electrons. The van der Waals surface area contributed by atoms with Crippen LogP contribution in [0.15, 0.2) is 121 Å². The van der Waals surface area contributed by atoms with Gasteiger partial charge in [0, 0.05) is 55.8 Å². The van der Waals surface area contributed by atoms with Gasteiger partial charge in [-0.1, -0.05) is 196 Å². The summed E-state index contributed by atoms with van der Waals surface area (Å²) in [6, 6.07) is 48.5. The number of hydrogen-bond donors (Lipinski definition) is 0. The summed E-state index contributed by atoms with van der Waals surface area (Å²) in [6.45, 7) is 38.3. The molecule has 0 spiro atoms. The highest BCUT2D eigenvalue weighted by molar-refractivity contribution is 6.88. The maximum absolute atomic E-state index is 2.81. The lowest BCUT2D eigenvalue weighted by molar-refractivity contribution is 0.579. The summed E-state index contributed by atoms with van der Waals surface area (Å²) >= 11 is 0. The van der Waals surface area contributed by atoms with E-state index in [0.29, 0.717) is 0 Å². The second-order valence-electron chi connectivity index (χ2n) is 26.7. The smallest absolute Gasteiger partial charge is 0.359 e. The van der Waals surface area contributed by atoms with Gasteiger partial charge < -0.3 is 19.2 Å². The number of benzene rings is 7. The quantitative estimate of drug-likeness (QED) is 0.141. The first-order valence-corrected chi connectivity index (χ1v) is 26.0. The van der Waals surface area contributed by atoms with Crippen molar-refractivity contribution >= 4 is 70.4 Å². The Morgan fingerprint density at radius 3 is 0.943 bits per heavy atom. The SMILES string of the molecule is CC(C)(C)c1ccc2c(c1)-c1ccccc1B1N2c2c3c(c4c5c2C(C)(C)c2cc(C(C)(C)C)ccc2N5B2c5ccccc5-c5cc(C(C)(C)C)ccc5N24)C(C)(C)c2cc(C(C)(C)C)ccc2N13. The van der Waals surface area contributed by atoms with E-state index in [9.17, 15) is 0 Å². The van der Waals surface area contributed by atoms with Gasteiger partial charge in [-0.3, -0.25) is 0 Å². The largest absolute Gasteiger partial charge is 0.421 e. The summed E-state index contributed by atoms with van der Waals surface area (Å²) in [7, 11) is 0. The minimum Gasteiger partial charge on any atom is -0.359 e. The minimum absolute atomic E-state index is 0.00562. The highest BCUT2D eigenvalue weighted by Gasteiger charge is 2.62. The average molecular weight is 915 g/mol. The molecule has 0 fully saturated rings. The lowest BCUT2D eigenvalue weighted by Gasteiger charge is -2.46. The van der Waals surface area contributed by atoms with E-state index in [0.717, 1.165) is 0 Å². The molecule has 7 aromatic rings. The van der Waals surface area contributed by atoms with Crippen LogP contribution in [0, 0.1) is 0 Å². The van der Waals surface area contributed by atoms with E-state index < -0.39 is 10.8 Å². The zero-order chi connectivity index (χ0) is 49.3. The van der Waals surface area contributed by atoms with Crippen LogP contribution in [0.2, 0.25) is 0 Å². The molecule has 0 radical (unpaired) electrons. The topological polar surface area (TPSA) is 13.0 Å². The highest BCUT2D eigenvalue weighted by atomic mass is 15.4. The molecule has 0 N–H and O–H groups in total. The van der Waals surface area contributed by atoms with Crippen LogP contribution in [-0.4, -0.2) is 14.0 Å². The molecule has 13 rings (SSSR count). The van der Waals surface area contributed by atoms with Gasteiger partial charge in [-0.05, 0) is 113 Å². The zero-order valence-corrected chi connectivity index (χ0v) is 44.5. The van der Waals surface area contributed by atoms with Gasteiger partial charge in [-0.15, -0.1) is 0 Å². The van der Waals surface area contributed by atoms with Crippen molar-refractivity contribution in [1.82, 2.24) is 0 Å². The monoisotopic (exact) mass is 915 g/mol. The van der Waals surface area contributed by atoms with Gasteiger partial charge in [0.25, 0.3) is 0 Å². The predicted octanol–water partition coefficient (Wildman–Crippen LogP) is 15.5. The van der Waals surface area contributed by atoms with E-state index in [1.807, 2.05) is 0 Å². The van der Waals surface area contributed by atoms with Crippen LogP contribution in [0.3, 0.4) is 0 Å². The molecule has 0 bridgehead atoms. The second kappa shape index (κ2) is 13.4. The van der Waals surface area contributed by atoms with E-state index in [1.54, 1.807) is 0 Å². The third kappa shape index (κ3) is 5.52. The minimum atomic E-state index is -0.391. The Kier molecular flexibility index (Phi) is 8.41. The third-order valence-corrected chi connectivity index (χ3v) is 17.5. The molecule has 6 heterocycles. The molecule has 4 nitrogen and oxygen atoms in total. The standard InChI is InChI=1S/C64H68B2N4/c1-59(2,3)37-25-29-49-43(33-37)41-21-17-19-23-47(41)65-67(49)55-53-58-56(54-57(55)69(65)51-31-27-39(61(7,8)9)35-45(51)64(54,15)16)68-50-30-26-38(60(4,5)6)34-44(50)42-22-18-20-24-48(42)66(68)70(58)52-32-28-40(62(10,11)12)36-46(52)63(53,13)14/h17-36H,1-16H3. The number of fused-ring (bicyclic) bond motifs is 22. The normalized spacial score (nSPS) is 17.2. The lowest BCUT2D eigenvalue weighted by atomic mass is 9.57. The molecule has 0 amide bonds. The first-order chi connectivity index (χ1) is 32.8. The van der Waals surface area contributed by atoms with E-state index >= 15 is 0 Å². The summed E-state index contributed by atoms with van der Waals surface area (Å²) < 4.78 is 0. The fourth-order valence-electron chi connectivity index (χ4n) is 13.6. The maximum atomic E-state index is 2.81. The van der Waals surface area contributed by atoms with Crippen molar-refractivity contribution in [3.05, 3.63) is 166 Å². The van der Waals surface area contributed by atoms with Crippen LogP contribution >= 0.6 is 0 Å². The molecule has 0 aliphatic carbocycles. The van der Waals surface area contributed by atoms with Gasteiger partial charge in [0.2, 0.25) is 0 Å². The molecular formula is C64H68B2N4. The van der Waals surface area contributed by atoms with Gasteiger partial charge in [0.15, 0.2) is 0 Å². The highest BCUT2D eigenvalue weighted by Crippen LogP contribution is 2.72. The first kappa shape index (κ1) is 43.9. The Labute approximate surface area is 419 Å². The van der Waals surface area contributed by atoms with Crippen molar-refractivity contribution in [2.45, 2.75) is 143 Å². The predicted molar refractivity (Wildman–Crippen MR) is 301 cm³/mol. The Balaban J connectivity index is 1.24. The van der Waals surface area contributed by atoms with Crippen molar-refractivity contribution in [3.8, 4) is 22.3 Å². The Morgan fingerprint density at radius 2 is 0.614 bits per heavy atom. The Hall–Kier alpha value is -6.13. The van der Waals surface area contributed by atoms with Crippen LogP contribution in [0.5, 0.6) is 0 Å². The molecular weight excluding hydrogens is 846 g/mol. The molecule has 6 aliphatic heterocycles. The van der Waals surface area contributed by atoms with Gasteiger partial charge >= 0.3 is 14.0 Å². The molecule has 0 aromatic heterocycles. The molecule has 7 aromatic carbocycles. The van der Waals surface area contributed by atoms with Crippen molar-refractivity contribution in [1.29, 1.82) is 0 Å². The van der Waals surface area contributed by atoms with Crippen molar-refractivity contribution in [2.75, 3.05) is 19.2 Å². The molecule has 6 aliphatic rings. The summed E-state index contributed by atoms with van der Waals surface area (Å²) in [6.07, 6.45) is 0. The molecule has 70 heavy (non-hydrogen) atoms. The summed E-state index contributed by atoms with van der Waals surface area (Å²) in [4.78, 5) is 11.2. The lowest BCUT2D eigenvalue weighted by Crippen LogP contribution is -2.58. The van der Waals surface area contributed by atoms with Gasteiger partial charge in [0.1, 0.15) is 0 Å².